The highest BCUT2D eigenvalue weighted by atomic mass is 35.5. The van der Waals surface area contributed by atoms with Gasteiger partial charge in [-0.1, -0.05) is 55.5 Å². The maximum Gasteiger partial charge on any atom is 0.314 e. The van der Waals surface area contributed by atoms with Crippen LogP contribution in [0.3, 0.4) is 0 Å². The molecule has 2 rings (SSSR count). The van der Waals surface area contributed by atoms with Crippen molar-refractivity contribution >= 4 is 17.6 Å². The van der Waals surface area contributed by atoms with Gasteiger partial charge in [0.05, 0.1) is 5.41 Å². The Kier molecular flexibility index (Phi) is 3.72. The third-order valence-electron chi connectivity index (χ3n) is 3.76. The maximum atomic E-state index is 11.7. The summed E-state index contributed by atoms with van der Waals surface area (Å²) >= 11 is 6.18. The van der Waals surface area contributed by atoms with Crippen molar-refractivity contribution in [2.75, 3.05) is 0 Å². The Hall–Kier alpha value is -1.02. The fourth-order valence-corrected chi connectivity index (χ4v) is 3.10. The lowest BCUT2D eigenvalue weighted by molar-refractivity contribution is -0.144. The minimum Gasteiger partial charge on any atom is -0.481 e. The van der Waals surface area contributed by atoms with Crippen LogP contribution >= 0.6 is 11.6 Å². The molecule has 3 heteroatoms. The predicted octanol–water partition coefficient (Wildman–Crippen LogP) is 4.02. The van der Waals surface area contributed by atoms with Crippen LogP contribution in [0.2, 0.25) is 5.02 Å². The molecule has 1 saturated carbocycles. The van der Waals surface area contributed by atoms with Crippen LogP contribution in [0, 0.1) is 0 Å². The van der Waals surface area contributed by atoms with Gasteiger partial charge in [-0.15, -0.1) is 0 Å². The Bertz CT molecular complexity index is 406. The molecule has 1 aromatic rings. The Labute approximate surface area is 107 Å². The van der Waals surface area contributed by atoms with Crippen molar-refractivity contribution in [3.05, 3.63) is 34.9 Å². The molecule has 1 aromatic carbocycles. The first-order valence-corrected chi connectivity index (χ1v) is 6.53. The predicted molar refractivity (Wildman–Crippen MR) is 68.5 cm³/mol. The second-order valence-corrected chi connectivity index (χ2v) is 5.19. The van der Waals surface area contributed by atoms with Gasteiger partial charge in [0, 0.05) is 5.02 Å². The van der Waals surface area contributed by atoms with Crippen LogP contribution in [0.1, 0.15) is 44.1 Å². The molecular formula is C14H17ClO2. The molecule has 1 aliphatic rings. The van der Waals surface area contributed by atoms with Crippen molar-refractivity contribution in [2.45, 2.75) is 43.9 Å². The van der Waals surface area contributed by atoms with E-state index >= 15 is 0 Å². The van der Waals surface area contributed by atoms with Gasteiger partial charge < -0.3 is 5.11 Å². The second-order valence-electron chi connectivity index (χ2n) is 4.78. The zero-order valence-electron chi connectivity index (χ0n) is 9.79. The standard InChI is InChI=1S/C14H17ClO2/c15-12-8-4-3-7-11(12)14(13(16)17)9-5-1-2-6-10-14/h3-4,7-8H,1-2,5-6,9-10H2,(H,16,17). The van der Waals surface area contributed by atoms with E-state index in [-0.39, 0.29) is 0 Å². The highest BCUT2D eigenvalue weighted by Gasteiger charge is 2.41. The molecular weight excluding hydrogens is 236 g/mol. The molecule has 92 valence electrons. The van der Waals surface area contributed by atoms with Crippen molar-refractivity contribution in [3.63, 3.8) is 0 Å². The number of halogens is 1. The van der Waals surface area contributed by atoms with Gasteiger partial charge in [0.15, 0.2) is 0 Å². The largest absolute Gasteiger partial charge is 0.481 e. The molecule has 0 amide bonds. The van der Waals surface area contributed by atoms with Gasteiger partial charge in [0.25, 0.3) is 0 Å². The molecule has 0 heterocycles. The number of hydrogen-bond donors (Lipinski definition) is 1. The van der Waals surface area contributed by atoms with Crippen LogP contribution < -0.4 is 0 Å². The van der Waals surface area contributed by atoms with Crippen LogP contribution in [0.15, 0.2) is 24.3 Å². The molecule has 2 nitrogen and oxygen atoms in total. The highest BCUT2D eigenvalue weighted by Crippen LogP contribution is 2.41. The summed E-state index contributed by atoms with van der Waals surface area (Å²) in [6.07, 6.45) is 5.59. The van der Waals surface area contributed by atoms with Crippen LogP contribution in [-0.2, 0) is 10.2 Å². The van der Waals surface area contributed by atoms with Crippen molar-refractivity contribution < 1.29 is 9.90 Å². The minimum atomic E-state index is -0.769. The molecule has 1 fully saturated rings. The lowest BCUT2D eigenvalue weighted by Crippen LogP contribution is -2.35. The normalized spacial score (nSPS) is 19.6. The van der Waals surface area contributed by atoms with Gasteiger partial charge in [0.2, 0.25) is 0 Å². The number of carbonyl (C=O) groups is 1. The van der Waals surface area contributed by atoms with Gasteiger partial charge in [-0.25, -0.2) is 0 Å². The van der Waals surface area contributed by atoms with E-state index in [4.69, 9.17) is 11.6 Å². The van der Waals surface area contributed by atoms with Crippen LogP contribution in [0.4, 0.5) is 0 Å². The Morgan fingerprint density at radius 3 is 2.24 bits per heavy atom. The average molecular weight is 253 g/mol. The smallest absolute Gasteiger partial charge is 0.314 e. The Morgan fingerprint density at radius 1 is 1.12 bits per heavy atom. The number of aliphatic carboxylic acids is 1. The highest BCUT2D eigenvalue weighted by molar-refractivity contribution is 6.31. The van der Waals surface area contributed by atoms with E-state index in [1.54, 1.807) is 6.07 Å². The van der Waals surface area contributed by atoms with E-state index in [0.717, 1.165) is 31.2 Å². The zero-order chi connectivity index (χ0) is 12.3. The van der Waals surface area contributed by atoms with Crippen LogP contribution in [-0.4, -0.2) is 11.1 Å². The van der Waals surface area contributed by atoms with E-state index < -0.39 is 11.4 Å². The summed E-state index contributed by atoms with van der Waals surface area (Å²) in [7, 11) is 0. The third-order valence-corrected chi connectivity index (χ3v) is 4.09. The molecule has 0 saturated heterocycles. The second kappa shape index (κ2) is 5.09. The zero-order valence-corrected chi connectivity index (χ0v) is 10.5. The number of carboxylic acids is 1. The molecule has 0 unspecified atom stereocenters. The summed E-state index contributed by atoms with van der Waals surface area (Å²) in [6.45, 7) is 0. The first-order chi connectivity index (χ1) is 8.17. The summed E-state index contributed by atoms with van der Waals surface area (Å²) in [4.78, 5) is 11.7. The fraction of sp³-hybridized carbons (Fsp3) is 0.500. The van der Waals surface area contributed by atoms with E-state index in [1.807, 2.05) is 18.2 Å². The SMILES string of the molecule is O=C(O)C1(c2ccccc2Cl)CCCCCC1. The van der Waals surface area contributed by atoms with Gasteiger partial charge in [-0.3, -0.25) is 4.79 Å². The van der Waals surface area contributed by atoms with Gasteiger partial charge in [-0.05, 0) is 24.5 Å². The topological polar surface area (TPSA) is 37.3 Å². The first kappa shape index (κ1) is 12.4. The molecule has 0 spiro atoms. The lowest BCUT2D eigenvalue weighted by Gasteiger charge is -2.29. The number of hydrogen-bond acceptors (Lipinski definition) is 1. The summed E-state index contributed by atoms with van der Waals surface area (Å²) in [6, 6.07) is 7.36. The summed E-state index contributed by atoms with van der Waals surface area (Å²) in [5.74, 6) is -0.729. The number of benzene rings is 1. The van der Waals surface area contributed by atoms with E-state index in [0.29, 0.717) is 17.9 Å². The van der Waals surface area contributed by atoms with E-state index in [1.165, 1.54) is 0 Å². The molecule has 1 N–H and O–H groups in total. The summed E-state index contributed by atoms with van der Waals surface area (Å²) in [5.41, 5.74) is 0.0190. The van der Waals surface area contributed by atoms with Crippen molar-refractivity contribution in [1.29, 1.82) is 0 Å². The maximum absolute atomic E-state index is 11.7. The monoisotopic (exact) mass is 252 g/mol. The first-order valence-electron chi connectivity index (χ1n) is 6.15. The molecule has 0 aromatic heterocycles. The Balaban J connectivity index is 2.46. The van der Waals surface area contributed by atoms with Crippen LogP contribution in [0.5, 0.6) is 0 Å². The minimum absolute atomic E-state index is 0.580. The lowest BCUT2D eigenvalue weighted by atomic mass is 9.74. The van der Waals surface area contributed by atoms with Crippen molar-refractivity contribution in [3.8, 4) is 0 Å². The van der Waals surface area contributed by atoms with Gasteiger partial charge in [-0.2, -0.15) is 0 Å². The third kappa shape index (κ3) is 2.32. The molecule has 17 heavy (non-hydrogen) atoms. The molecule has 0 bridgehead atoms. The number of rotatable bonds is 2. The van der Waals surface area contributed by atoms with Gasteiger partial charge >= 0.3 is 5.97 Å². The quantitative estimate of drug-likeness (QED) is 0.808. The van der Waals surface area contributed by atoms with E-state index in [9.17, 15) is 9.90 Å². The Morgan fingerprint density at radius 2 is 1.71 bits per heavy atom. The van der Waals surface area contributed by atoms with Crippen molar-refractivity contribution in [1.82, 2.24) is 0 Å². The fourth-order valence-electron chi connectivity index (χ4n) is 2.78. The molecule has 0 aliphatic heterocycles. The molecule has 0 radical (unpaired) electrons. The summed E-state index contributed by atoms with van der Waals surface area (Å²) < 4.78 is 0. The van der Waals surface area contributed by atoms with Crippen molar-refractivity contribution in [2.24, 2.45) is 0 Å². The molecule has 0 atom stereocenters. The van der Waals surface area contributed by atoms with E-state index in [2.05, 4.69) is 0 Å². The molecule has 1 aliphatic carbocycles. The number of carboxylic acid groups (broad SMARTS) is 1. The van der Waals surface area contributed by atoms with Gasteiger partial charge in [0.1, 0.15) is 0 Å². The van der Waals surface area contributed by atoms with Crippen LogP contribution in [0.25, 0.3) is 0 Å². The average Bonchev–Trinajstić information content (AvgIpc) is 2.56. The summed E-state index contributed by atoms with van der Waals surface area (Å²) in [5, 5.41) is 10.2.